The fourth-order valence-corrected chi connectivity index (χ4v) is 3.70. The van der Waals surface area contributed by atoms with Crippen LogP contribution in [0.2, 0.25) is 0 Å². The van der Waals surface area contributed by atoms with Crippen LogP contribution in [0, 0.1) is 0 Å². The highest BCUT2D eigenvalue weighted by atomic mass is 32.2. The third-order valence-electron chi connectivity index (χ3n) is 2.76. The normalized spacial score (nSPS) is 13.0. The number of rotatable bonds is 14. The summed E-state index contributed by atoms with van der Waals surface area (Å²) in [6.07, 6.45) is 7.27. The van der Waals surface area contributed by atoms with E-state index in [-0.39, 0.29) is 24.7 Å². The molecule has 22 heavy (non-hydrogen) atoms. The van der Waals surface area contributed by atoms with E-state index < -0.39 is 20.2 Å². The van der Waals surface area contributed by atoms with Crippen LogP contribution in [0.25, 0.3) is 0 Å². The Morgan fingerprint density at radius 1 is 0.727 bits per heavy atom. The monoisotopic (exact) mass is 356 g/mol. The quantitative estimate of drug-likeness (QED) is 0.270. The third-order valence-corrected chi connectivity index (χ3v) is 5.39. The van der Waals surface area contributed by atoms with Gasteiger partial charge in [-0.25, -0.2) is 0 Å². The number of hydrogen-bond donors (Lipinski definition) is 0. The average molecular weight is 357 g/mol. The first-order valence-corrected chi connectivity index (χ1v) is 10.9. The van der Waals surface area contributed by atoms with Gasteiger partial charge >= 0.3 is 0 Å². The van der Waals surface area contributed by atoms with Crippen molar-refractivity contribution in [1.82, 2.24) is 0 Å². The molecule has 0 rings (SSSR count). The van der Waals surface area contributed by atoms with Crippen molar-refractivity contribution < 1.29 is 25.2 Å². The molecule has 0 aromatic carbocycles. The molecule has 132 valence electrons. The average Bonchev–Trinajstić information content (AvgIpc) is 2.46. The summed E-state index contributed by atoms with van der Waals surface area (Å²) in [5.41, 5.74) is 0. The van der Waals surface area contributed by atoms with E-state index in [0.717, 1.165) is 12.8 Å². The molecule has 0 saturated carbocycles. The van der Waals surface area contributed by atoms with Crippen molar-refractivity contribution in [2.75, 3.05) is 24.7 Å². The van der Waals surface area contributed by atoms with Crippen LogP contribution in [-0.4, -0.2) is 41.6 Å². The Balaban J connectivity index is 3.72. The van der Waals surface area contributed by atoms with Crippen LogP contribution in [0.5, 0.6) is 0 Å². The predicted molar refractivity (Wildman–Crippen MR) is 87.7 cm³/mol. The molecule has 0 aromatic heterocycles. The van der Waals surface area contributed by atoms with Crippen molar-refractivity contribution in [3.63, 3.8) is 0 Å². The van der Waals surface area contributed by atoms with E-state index in [0.29, 0.717) is 25.7 Å². The predicted octanol–water partition coefficient (Wildman–Crippen LogP) is 2.62. The Morgan fingerprint density at radius 2 is 1.09 bits per heavy atom. The van der Waals surface area contributed by atoms with Crippen molar-refractivity contribution >= 4 is 20.2 Å². The van der Waals surface area contributed by atoms with Crippen LogP contribution >= 0.6 is 0 Å². The molecule has 0 aliphatic rings. The SMILES string of the molecule is CCCCS(=O)(=O)OCCC=CCCOS(=O)(=O)CCCC. The van der Waals surface area contributed by atoms with Crippen molar-refractivity contribution in [3.8, 4) is 0 Å². The zero-order valence-electron chi connectivity index (χ0n) is 13.5. The second kappa shape index (κ2) is 12.0. The van der Waals surface area contributed by atoms with Gasteiger partial charge in [0.05, 0.1) is 24.7 Å². The molecule has 0 aromatic rings. The second-order valence-electron chi connectivity index (χ2n) is 4.92. The highest BCUT2D eigenvalue weighted by Gasteiger charge is 2.09. The molecule has 0 bridgehead atoms. The van der Waals surface area contributed by atoms with E-state index in [4.69, 9.17) is 8.37 Å². The van der Waals surface area contributed by atoms with E-state index in [2.05, 4.69) is 0 Å². The molecule has 0 fully saturated rings. The Kier molecular flexibility index (Phi) is 11.8. The molecule has 0 amide bonds. The van der Waals surface area contributed by atoms with Gasteiger partial charge in [0, 0.05) is 0 Å². The van der Waals surface area contributed by atoms with Crippen LogP contribution in [0.3, 0.4) is 0 Å². The molecule has 0 aliphatic carbocycles. The first kappa shape index (κ1) is 21.6. The Morgan fingerprint density at radius 3 is 1.41 bits per heavy atom. The lowest BCUT2D eigenvalue weighted by Crippen LogP contribution is -2.11. The summed E-state index contributed by atoms with van der Waals surface area (Å²) in [7, 11) is -6.81. The minimum absolute atomic E-state index is 0.0523. The number of hydrogen-bond acceptors (Lipinski definition) is 6. The van der Waals surface area contributed by atoms with E-state index in [9.17, 15) is 16.8 Å². The van der Waals surface area contributed by atoms with Gasteiger partial charge in [-0.1, -0.05) is 38.8 Å². The van der Waals surface area contributed by atoms with Crippen molar-refractivity contribution in [2.45, 2.75) is 52.4 Å². The lowest BCUT2D eigenvalue weighted by Gasteiger charge is -2.03. The van der Waals surface area contributed by atoms with Gasteiger partial charge in [-0.05, 0) is 25.7 Å². The van der Waals surface area contributed by atoms with E-state index in [1.54, 1.807) is 12.2 Å². The fourth-order valence-electron chi connectivity index (χ4n) is 1.48. The first-order chi connectivity index (χ1) is 10.3. The van der Waals surface area contributed by atoms with Crippen LogP contribution < -0.4 is 0 Å². The van der Waals surface area contributed by atoms with Crippen LogP contribution in [0.15, 0.2) is 12.2 Å². The maximum Gasteiger partial charge on any atom is 0.267 e. The third kappa shape index (κ3) is 13.2. The van der Waals surface area contributed by atoms with Gasteiger partial charge in [-0.15, -0.1) is 0 Å². The zero-order chi connectivity index (χ0) is 16.9. The zero-order valence-corrected chi connectivity index (χ0v) is 15.1. The largest absolute Gasteiger partial charge is 0.270 e. The van der Waals surface area contributed by atoms with E-state index in [1.807, 2.05) is 13.8 Å². The van der Waals surface area contributed by atoms with Crippen LogP contribution in [0.4, 0.5) is 0 Å². The van der Waals surface area contributed by atoms with E-state index in [1.165, 1.54) is 0 Å². The van der Waals surface area contributed by atoms with Gasteiger partial charge in [0.2, 0.25) is 0 Å². The summed E-state index contributed by atoms with van der Waals surface area (Å²) in [5, 5.41) is 0. The molecule has 0 atom stereocenters. The Hall–Kier alpha value is -0.440. The minimum atomic E-state index is -3.41. The maximum absolute atomic E-state index is 11.4. The summed E-state index contributed by atoms with van der Waals surface area (Å²) in [6, 6.07) is 0. The molecule has 0 N–H and O–H groups in total. The summed E-state index contributed by atoms with van der Waals surface area (Å²) in [5.74, 6) is 0.105. The molecule has 0 saturated heterocycles. The topological polar surface area (TPSA) is 86.7 Å². The van der Waals surface area contributed by atoms with Crippen molar-refractivity contribution in [1.29, 1.82) is 0 Å². The molecule has 6 nitrogen and oxygen atoms in total. The highest BCUT2D eigenvalue weighted by molar-refractivity contribution is 7.86. The Bertz CT molecular complexity index is 447. The van der Waals surface area contributed by atoms with Gasteiger partial charge in [0.25, 0.3) is 20.2 Å². The maximum atomic E-state index is 11.4. The van der Waals surface area contributed by atoms with Gasteiger partial charge in [0.15, 0.2) is 0 Å². The molecule has 8 heteroatoms. The summed E-state index contributed by atoms with van der Waals surface area (Å²) in [4.78, 5) is 0. The lowest BCUT2D eigenvalue weighted by molar-refractivity contribution is 0.319. The van der Waals surface area contributed by atoms with Gasteiger partial charge in [-0.3, -0.25) is 8.37 Å². The van der Waals surface area contributed by atoms with E-state index >= 15 is 0 Å². The molecule has 0 heterocycles. The molecule has 0 radical (unpaired) electrons. The summed E-state index contributed by atoms with van der Waals surface area (Å²) >= 11 is 0. The fraction of sp³-hybridized carbons (Fsp3) is 0.857. The highest BCUT2D eigenvalue weighted by Crippen LogP contribution is 2.02. The molecule has 0 aliphatic heterocycles. The number of unbranched alkanes of at least 4 members (excludes halogenated alkanes) is 2. The van der Waals surface area contributed by atoms with Gasteiger partial charge in [0.1, 0.15) is 0 Å². The molecular weight excluding hydrogens is 328 g/mol. The van der Waals surface area contributed by atoms with Crippen LogP contribution in [0.1, 0.15) is 52.4 Å². The Labute approximate surface area is 135 Å². The van der Waals surface area contributed by atoms with Crippen molar-refractivity contribution in [3.05, 3.63) is 12.2 Å². The summed E-state index contributed by atoms with van der Waals surface area (Å²) in [6.45, 7) is 4.06. The molecule has 0 spiro atoms. The lowest BCUT2D eigenvalue weighted by atomic mass is 10.3. The first-order valence-electron chi connectivity index (χ1n) is 7.72. The molecular formula is C14H28O6S2. The molecule has 0 unspecified atom stereocenters. The second-order valence-corrected chi connectivity index (χ2v) is 8.44. The van der Waals surface area contributed by atoms with Crippen LogP contribution in [-0.2, 0) is 28.6 Å². The minimum Gasteiger partial charge on any atom is -0.270 e. The van der Waals surface area contributed by atoms with Gasteiger partial charge in [-0.2, -0.15) is 16.8 Å². The standard InChI is InChI=1S/C14H28O6S2/c1-3-5-13-21(15,16)19-11-9-7-8-10-12-20-22(17,18)14-6-4-2/h7-8H,3-6,9-14H2,1-2H3. The van der Waals surface area contributed by atoms with Crippen molar-refractivity contribution in [2.24, 2.45) is 0 Å². The summed E-state index contributed by atoms with van der Waals surface area (Å²) < 4.78 is 55.2. The van der Waals surface area contributed by atoms with Gasteiger partial charge < -0.3 is 0 Å². The smallest absolute Gasteiger partial charge is 0.267 e.